The first kappa shape index (κ1) is 13.2. The van der Waals surface area contributed by atoms with E-state index in [0.29, 0.717) is 11.4 Å². The molecule has 0 bridgehead atoms. The highest BCUT2D eigenvalue weighted by atomic mass is 35.5. The Morgan fingerprint density at radius 2 is 2.31 bits per heavy atom. The summed E-state index contributed by atoms with van der Waals surface area (Å²) in [6.07, 6.45) is 1.01. The molecule has 0 saturated carbocycles. The summed E-state index contributed by atoms with van der Waals surface area (Å²) >= 11 is 5.93. The molecule has 0 amide bonds. The molecule has 0 aliphatic heterocycles. The highest BCUT2D eigenvalue weighted by Crippen LogP contribution is 2.24. The normalized spacial score (nSPS) is 14.6. The fraction of sp³-hybridized carbons (Fsp3) is 0.545. The number of nitrogens with zero attached hydrogens (tertiary/aromatic N) is 1. The second kappa shape index (κ2) is 6.01. The highest BCUT2D eigenvalue weighted by molar-refractivity contribution is 6.31. The summed E-state index contributed by atoms with van der Waals surface area (Å²) in [6, 6.07) is 1.55. The van der Waals surface area contributed by atoms with E-state index in [-0.39, 0.29) is 18.5 Å². The Morgan fingerprint density at radius 3 is 2.81 bits per heavy atom. The van der Waals surface area contributed by atoms with Crippen LogP contribution < -0.4 is 10.5 Å². The molecule has 1 aromatic heterocycles. The number of ether oxygens (including phenoxy) is 1. The zero-order chi connectivity index (χ0) is 12.1. The molecule has 1 rings (SSSR count). The van der Waals surface area contributed by atoms with Crippen molar-refractivity contribution < 1.29 is 9.13 Å². The lowest BCUT2D eigenvalue weighted by molar-refractivity contribution is 0.186. The van der Waals surface area contributed by atoms with Crippen molar-refractivity contribution in [3.8, 4) is 5.88 Å². The first-order valence-corrected chi connectivity index (χ1v) is 5.60. The SMILES string of the molecule is CCC(F)COc1ncc(C(C)N)cc1Cl. The minimum Gasteiger partial charge on any atom is -0.474 e. The molecule has 16 heavy (non-hydrogen) atoms. The largest absolute Gasteiger partial charge is 0.474 e. The van der Waals surface area contributed by atoms with Gasteiger partial charge in [0.15, 0.2) is 0 Å². The fourth-order valence-electron chi connectivity index (χ4n) is 1.08. The number of pyridine rings is 1. The van der Waals surface area contributed by atoms with Gasteiger partial charge in [0.25, 0.3) is 0 Å². The van der Waals surface area contributed by atoms with Crippen LogP contribution >= 0.6 is 11.6 Å². The van der Waals surface area contributed by atoms with Gasteiger partial charge in [-0.15, -0.1) is 0 Å². The van der Waals surface area contributed by atoms with Crippen LogP contribution in [-0.2, 0) is 0 Å². The molecule has 2 atom stereocenters. The Bertz CT molecular complexity index is 347. The third kappa shape index (κ3) is 3.61. The second-order valence-corrected chi connectivity index (χ2v) is 4.07. The van der Waals surface area contributed by atoms with E-state index in [2.05, 4.69) is 4.98 Å². The zero-order valence-corrected chi connectivity index (χ0v) is 10.2. The minimum absolute atomic E-state index is 0.0270. The quantitative estimate of drug-likeness (QED) is 0.869. The average molecular weight is 247 g/mol. The maximum absolute atomic E-state index is 12.9. The summed E-state index contributed by atoms with van der Waals surface area (Å²) in [4.78, 5) is 4.00. The average Bonchev–Trinajstić information content (AvgIpc) is 2.26. The van der Waals surface area contributed by atoms with Gasteiger partial charge in [0.05, 0.1) is 0 Å². The van der Waals surface area contributed by atoms with E-state index in [1.165, 1.54) is 0 Å². The molecule has 2 unspecified atom stereocenters. The first-order chi connectivity index (χ1) is 7.54. The molecule has 90 valence electrons. The predicted molar refractivity (Wildman–Crippen MR) is 62.5 cm³/mol. The van der Waals surface area contributed by atoms with Crippen LogP contribution in [0, 0.1) is 0 Å². The molecule has 0 aromatic carbocycles. The number of rotatable bonds is 5. The third-order valence-electron chi connectivity index (χ3n) is 2.20. The van der Waals surface area contributed by atoms with E-state index in [4.69, 9.17) is 22.1 Å². The van der Waals surface area contributed by atoms with Gasteiger partial charge in [0.2, 0.25) is 5.88 Å². The molecule has 5 heteroatoms. The van der Waals surface area contributed by atoms with E-state index in [1.807, 2.05) is 6.92 Å². The molecule has 0 aliphatic carbocycles. The molecule has 1 heterocycles. The van der Waals surface area contributed by atoms with Crippen molar-refractivity contribution in [3.05, 3.63) is 22.8 Å². The van der Waals surface area contributed by atoms with Crippen LogP contribution in [-0.4, -0.2) is 17.8 Å². The van der Waals surface area contributed by atoms with Crippen LogP contribution in [0.5, 0.6) is 5.88 Å². The number of hydrogen-bond acceptors (Lipinski definition) is 3. The summed E-state index contributed by atoms with van der Waals surface area (Å²) in [7, 11) is 0. The van der Waals surface area contributed by atoms with E-state index in [1.54, 1.807) is 19.2 Å². The molecule has 0 aliphatic rings. The van der Waals surface area contributed by atoms with Crippen molar-refractivity contribution in [2.45, 2.75) is 32.5 Å². The van der Waals surface area contributed by atoms with Crippen molar-refractivity contribution >= 4 is 11.6 Å². The lowest BCUT2D eigenvalue weighted by Gasteiger charge is -2.11. The van der Waals surface area contributed by atoms with Crippen LogP contribution in [0.3, 0.4) is 0 Å². The van der Waals surface area contributed by atoms with Crippen LogP contribution in [0.2, 0.25) is 5.02 Å². The van der Waals surface area contributed by atoms with Crippen molar-refractivity contribution in [2.24, 2.45) is 5.73 Å². The predicted octanol–water partition coefficient (Wildman–Crippen LogP) is 2.88. The van der Waals surface area contributed by atoms with E-state index >= 15 is 0 Å². The van der Waals surface area contributed by atoms with Crippen molar-refractivity contribution in [1.82, 2.24) is 4.98 Å². The van der Waals surface area contributed by atoms with E-state index in [9.17, 15) is 4.39 Å². The van der Waals surface area contributed by atoms with Gasteiger partial charge >= 0.3 is 0 Å². The van der Waals surface area contributed by atoms with Gasteiger partial charge in [-0.2, -0.15) is 0 Å². The molecule has 0 spiro atoms. The summed E-state index contributed by atoms with van der Waals surface area (Å²) in [5, 5.41) is 0.359. The van der Waals surface area contributed by atoms with Gasteiger partial charge in [0, 0.05) is 12.2 Å². The maximum Gasteiger partial charge on any atom is 0.232 e. The van der Waals surface area contributed by atoms with Gasteiger partial charge < -0.3 is 10.5 Å². The summed E-state index contributed by atoms with van der Waals surface area (Å²) < 4.78 is 18.1. The van der Waals surface area contributed by atoms with Gasteiger partial charge in [0.1, 0.15) is 17.8 Å². The second-order valence-electron chi connectivity index (χ2n) is 3.66. The minimum atomic E-state index is -0.994. The molecule has 1 aromatic rings. The molecule has 3 nitrogen and oxygen atoms in total. The van der Waals surface area contributed by atoms with Gasteiger partial charge in [-0.3, -0.25) is 0 Å². The van der Waals surface area contributed by atoms with Crippen molar-refractivity contribution in [1.29, 1.82) is 0 Å². The van der Waals surface area contributed by atoms with Crippen molar-refractivity contribution in [2.75, 3.05) is 6.61 Å². The molecule has 2 N–H and O–H groups in total. The van der Waals surface area contributed by atoms with E-state index in [0.717, 1.165) is 5.56 Å². The van der Waals surface area contributed by atoms with E-state index < -0.39 is 6.17 Å². The van der Waals surface area contributed by atoms with Gasteiger partial charge in [-0.05, 0) is 25.0 Å². The van der Waals surface area contributed by atoms with Crippen LogP contribution in [0.1, 0.15) is 31.9 Å². The van der Waals surface area contributed by atoms with Crippen molar-refractivity contribution in [3.63, 3.8) is 0 Å². The highest BCUT2D eigenvalue weighted by Gasteiger charge is 2.10. The Kier molecular flexibility index (Phi) is 4.96. The van der Waals surface area contributed by atoms with Gasteiger partial charge in [-0.1, -0.05) is 18.5 Å². The summed E-state index contributed by atoms with van der Waals surface area (Å²) in [5.41, 5.74) is 6.50. The number of aromatic nitrogens is 1. The summed E-state index contributed by atoms with van der Waals surface area (Å²) in [6.45, 7) is 3.56. The number of halogens is 2. The molecular formula is C11H16ClFN2O. The first-order valence-electron chi connectivity index (χ1n) is 5.22. The Balaban J connectivity index is 2.68. The number of hydrogen-bond donors (Lipinski definition) is 1. The Morgan fingerprint density at radius 1 is 1.62 bits per heavy atom. The maximum atomic E-state index is 12.9. The topological polar surface area (TPSA) is 48.1 Å². The Labute approximate surface area is 99.8 Å². The Hall–Kier alpha value is -0.870. The monoisotopic (exact) mass is 246 g/mol. The molecule has 0 radical (unpaired) electrons. The van der Waals surface area contributed by atoms with Crippen LogP contribution in [0.15, 0.2) is 12.3 Å². The summed E-state index contributed by atoms with van der Waals surface area (Å²) in [5.74, 6) is 0.252. The molecule has 0 saturated heterocycles. The smallest absolute Gasteiger partial charge is 0.232 e. The lowest BCUT2D eigenvalue weighted by atomic mass is 10.2. The van der Waals surface area contributed by atoms with Crippen LogP contribution in [0.4, 0.5) is 4.39 Å². The number of alkyl halides is 1. The third-order valence-corrected chi connectivity index (χ3v) is 2.47. The standard InChI is InChI=1S/C11H16ClFN2O/c1-3-9(13)6-16-11-10(12)4-8(5-15-11)7(2)14/h4-5,7,9H,3,6,14H2,1-2H3. The lowest BCUT2D eigenvalue weighted by Crippen LogP contribution is -2.13. The van der Waals surface area contributed by atoms with Gasteiger partial charge in [-0.25, -0.2) is 9.37 Å². The molecular weight excluding hydrogens is 231 g/mol. The zero-order valence-electron chi connectivity index (χ0n) is 9.41. The number of nitrogens with two attached hydrogens (primary N) is 1. The molecule has 0 fully saturated rings. The van der Waals surface area contributed by atoms with Crippen LogP contribution in [0.25, 0.3) is 0 Å². The fourth-order valence-corrected chi connectivity index (χ4v) is 1.31.